The summed E-state index contributed by atoms with van der Waals surface area (Å²) < 4.78 is 46.4. The Balaban J connectivity index is 1.45. The molecule has 1 fully saturated rings. The fourth-order valence-corrected chi connectivity index (χ4v) is 3.57. The van der Waals surface area contributed by atoms with Crippen molar-refractivity contribution in [1.29, 1.82) is 0 Å². The van der Waals surface area contributed by atoms with Gasteiger partial charge in [-0.3, -0.25) is 4.79 Å². The van der Waals surface area contributed by atoms with Crippen molar-refractivity contribution in [3.8, 4) is 11.3 Å². The second kappa shape index (κ2) is 7.22. The summed E-state index contributed by atoms with van der Waals surface area (Å²) in [6.07, 6.45) is 1.32. The molecule has 0 atom stereocenters. The zero-order chi connectivity index (χ0) is 19.7. The number of carbonyl (C=O) groups excluding carboxylic acids is 1. The molecule has 0 unspecified atom stereocenters. The smallest absolute Gasteiger partial charge is 0.416 e. The highest BCUT2D eigenvalue weighted by Crippen LogP contribution is 2.33. The van der Waals surface area contributed by atoms with Crippen LogP contribution in [-0.4, -0.2) is 28.5 Å². The van der Waals surface area contributed by atoms with E-state index in [1.165, 1.54) is 24.3 Å². The number of aromatic nitrogens is 1. The molecule has 0 N–H and O–H groups in total. The molecule has 0 radical (unpaired) electrons. The van der Waals surface area contributed by atoms with Gasteiger partial charge in [-0.15, -0.1) is 0 Å². The molecule has 3 heterocycles. The number of hydrogen-bond donors (Lipinski definition) is 0. The summed E-state index contributed by atoms with van der Waals surface area (Å²) in [6, 6.07) is 12.3. The minimum Gasteiger partial charge on any atom is -0.451 e. The summed E-state index contributed by atoms with van der Waals surface area (Å²) >= 11 is 0. The maximum Gasteiger partial charge on any atom is 0.416 e. The molecular weight excluding hydrogens is 369 g/mol. The van der Waals surface area contributed by atoms with E-state index in [2.05, 4.69) is 4.57 Å². The van der Waals surface area contributed by atoms with Gasteiger partial charge in [-0.05, 0) is 49.2 Å². The molecule has 1 aliphatic rings. The van der Waals surface area contributed by atoms with Crippen LogP contribution in [0, 0.1) is 0 Å². The molecule has 0 saturated carbocycles. The number of alkyl halides is 3. The second-order valence-corrected chi connectivity index (χ2v) is 6.90. The summed E-state index contributed by atoms with van der Waals surface area (Å²) in [4.78, 5) is 14.4. The minimum atomic E-state index is -4.43. The molecule has 7 heteroatoms. The first-order valence-corrected chi connectivity index (χ1v) is 9.11. The summed E-state index contributed by atoms with van der Waals surface area (Å²) in [6.45, 7) is 1.22. The van der Waals surface area contributed by atoms with Gasteiger partial charge in [0, 0.05) is 37.1 Å². The third-order valence-corrected chi connectivity index (χ3v) is 5.09. The lowest BCUT2D eigenvalue weighted by atomic mass is 10.0. The van der Waals surface area contributed by atoms with Gasteiger partial charge in [0.15, 0.2) is 5.76 Å². The first-order valence-electron chi connectivity index (χ1n) is 9.11. The van der Waals surface area contributed by atoms with Gasteiger partial charge in [0.25, 0.3) is 5.91 Å². The van der Waals surface area contributed by atoms with Gasteiger partial charge in [-0.1, -0.05) is 12.1 Å². The molecule has 28 heavy (non-hydrogen) atoms. The molecule has 4 rings (SSSR count). The molecule has 0 spiro atoms. The lowest BCUT2D eigenvalue weighted by molar-refractivity contribution is -0.137. The number of furan rings is 1. The van der Waals surface area contributed by atoms with Gasteiger partial charge in [0.1, 0.15) is 5.76 Å². The van der Waals surface area contributed by atoms with Crippen LogP contribution in [0.2, 0.25) is 0 Å². The zero-order valence-electron chi connectivity index (χ0n) is 15.0. The number of amides is 1. The van der Waals surface area contributed by atoms with Crippen LogP contribution in [0.15, 0.2) is 65.3 Å². The van der Waals surface area contributed by atoms with E-state index in [1.807, 2.05) is 24.5 Å². The van der Waals surface area contributed by atoms with Crippen LogP contribution in [0.25, 0.3) is 11.3 Å². The number of piperidine rings is 1. The molecule has 2 aromatic heterocycles. The predicted molar refractivity (Wildman–Crippen MR) is 97.8 cm³/mol. The number of carbonyl (C=O) groups is 1. The van der Waals surface area contributed by atoms with E-state index in [4.69, 9.17) is 4.42 Å². The molecule has 0 bridgehead atoms. The SMILES string of the molecule is O=C(c1ccc(-c2cccc(C(F)(F)F)c2)o1)N1CCC(n2cccc2)CC1. The molecule has 1 amide bonds. The Bertz CT molecular complexity index is 952. The van der Waals surface area contributed by atoms with Gasteiger partial charge in [0.05, 0.1) is 5.56 Å². The normalized spacial score (nSPS) is 15.8. The third-order valence-electron chi connectivity index (χ3n) is 5.09. The maximum atomic E-state index is 12.9. The largest absolute Gasteiger partial charge is 0.451 e. The lowest BCUT2D eigenvalue weighted by Gasteiger charge is -2.32. The molecule has 1 aromatic carbocycles. The van der Waals surface area contributed by atoms with Crippen molar-refractivity contribution in [2.75, 3.05) is 13.1 Å². The number of likely N-dealkylation sites (tertiary alicyclic amines) is 1. The fraction of sp³-hybridized carbons (Fsp3) is 0.286. The van der Waals surface area contributed by atoms with Gasteiger partial charge >= 0.3 is 6.18 Å². The molecule has 3 aromatic rings. The van der Waals surface area contributed by atoms with E-state index in [0.29, 0.717) is 24.7 Å². The number of halogens is 3. The van der Waals surface area contributed by atoms with E-state index >= 15 is 0 Å². The second-order valence-electron chi connectivity index (χ2n) is 6.90. The number of benzene rings is 1. The maximum absolute atomic E-state index is 12.9. The molecular formula is C21H19F3N2O2. The summed E-state index contributed by atoms with van der Waals surface area (Å²) in [5, 5.41) is 0. The Morgan fingerprint density at radius 3 is 2.39 bits per heavy atom. The standard InChI is InChI=1S/C21H19F3N2O2/c22-21(23,24)16-5-3-4-15(14-16)18-6-7-19(28-18)20(27)26-12-8-17(9-13-26)25-10-1-2-11-25/h1-7,10-11,14,17H,8-9,12-13H2. The zero-order valence-corrected chi connectivity index (χ0v) is 15.0. The minimum absolute atomic E-state index is 0.145. The van der Waals surface area contributed by atoms with E-state index in [9.17, 15) is 18.0 Å². The van der Waals surface area contributed by atoms with Crippen LogP contribution in [0.5, 0.6) is 0 Å². The average Bonchev–Trinajstić information content (AvgIpc) is 3.39. The highest BCUT2D eigenvalue weighted by molar-refractivity contribution is 5.92. The van der Waals surface area contributed by atoms with Gasteiger partial charge in [0.2, 0.25) is 0 Å². The Kier molecular flexibility index (Phi) is 4.75. The lowest BCUT2D eigenvalue weighted by Crippen LogP contribution is -2.38. The van der Waals surface area contributed by atoms with E-state index < -0.39 is 11.7 Å². The third kappa shape index (κ3) is 3.69. The quantitative estimate of drug-likeness (QED) is 0.615. The predicted octanol–water partition coefficient (Wildman–Crippen LogP) is 5.24. The van der Waals surface area contributed by atoms with Crippen molar-refractivity contribution < 1.29 is 22.4 Å². The highest BCUT2D eigenvalue weighted by Gasteiger charge is 2.31. The average molecular weight is 388 g/mol. The van der Waals surface area contributed by atoms with Crippen LogP contribution < -0.4 is 0 Å². The van der Waals surface area contributed by atoms with Crippen molar-refractivity contribution in [2.45, 2.75) is 25.1 Å². The summed E-state index contributed by atoms with van der Waals surface area (Å²) in [5.41, 5.74) is -0.457. The topological polar surface area (TPSA) is 38.4 Å². The fourth-order valence-electron chi connectivity index (χ4n) is 3.57. The van der Waals surface area contributed by atoms with E-state index in [-0.39, 0.29) is 17.4 Å². The Labute approximate surface area is 160 Å². The van der Waals surface area contributed by atoms with Crippen LogP contribution in [-0.2, 0) is 6.18 Å². The van der Waals surface area contributed by atoms with Crippen LogP contribution in [0.4, 0.5) is 13.2 Å². The van der Waals surface area contributed by atoms with E-state index in [0.717, 1.165) is 25.0 Å². The van der Waals surface area contributed by atoms with Crippen LogP contribution in [0.3, 0.4) is 0 Å². The Hall–Kier alpha value is -2.96. The van der Waals surface area contributed by atoms with Gasteiger partial charge in [-0.25, -0.2) is 0 Å². The van der Waals surface area contributed by atoms with Crippen LogP contribution >= 0.6 is 0 Å². The van der Waals surface area contributed by atoms with Crippen molar-refractivity contribution in [2.24, 2.45) is 0 Å². The van der Waals surface area contributed by atoms with Gasteiger partial charge in [-0.2, -0.15) is 13.2 Å². The summed E-state index contributed by atoms with van der Waals surface area (Å²) in [7, 11) is 0. The molecule has 1 saturated heterocycles. The molecule has 4 nitrogen and oxygen atoms in total. The number of rotatable bonds is 3. The van der Waals surface area contributed by atoms with Crippen molar-refractivity contribution in [1.82, 2.24) is 9.47 Å². The Morgan fingerprint density at radius 1 is 1.00 bits per heavy atom. The van der Waals surface area contributed by atoms with E-state index in [1.54, 1.807) is 4.90 Å². The van der Waals surface area contributed by atoms with Crippen molar-refractivity contribution >= 4 is 5.91 Å². The highest BCUT2D eigenvalue weighted by atomic mass is 19.4. The first kappa shape index (κ1) is 18.4. The molecule has 0 aliphatic carbocycles. The Morgan fingerprint density at radius 2 is 1.71 bits per heavy atom. The monoisotopic (exact) mass is 388 g/mol. The van der Waals surface area contributed by atoms with Crippen molar-refractivity contribution in [3.63, 3.8) is 0 Å². The molecule has 1 aliphatic heterocycles. The number of nitrogens with zero attached hydrogens (tertiary/aromatic N) is 2. The van der Waals surface area contributed by atoms with Crippen LogP contribution in [0.1, 0.15) is 35.0 Å². The number of hydrogen-bond acceptors (Lipinski definition) is 2. The van der Waals surface area contributed by atoms with Crippen molar-refractivity contribution in [3.05, 3.63) is 72.2 Å². The first-order chi connectivity index (χ1) is 13.4. The van der Waals surface area contributed by atoms with Gasteiger partial charge < -0.3 is 13.9 Å². The molecule has 146 valence electrons. The summed E-state index contributed by atoms with van der Waals surface area (Å²) in [5.74, 6) is 0.160.